The van der Waals surface area contributed by atoms with Crippen molar-refractivity contribution in [3.63, 3.8) is 0 Å². The highest BCUT2D eigenvalue weighted by Crippen LogP contribution is 2.42. The summed E-state index contributed by atoms with van der Waals surface area (Å²) in [5, 5.41) is 10.4. The fourth-order valence-corrected chi connectivity index (χ4v) is 4.76. The van der Waals surface area contributed by atoms with Crippen LogP contribution in [0, 0.1) is 5.92 Å². The number of hydrogen-bond acceptors (Lipinski definition) is 3. The number of piperidine rings is 1. The van der Waals surface area contributed by atoms with Crippen LogP contribution in [0.4, 0.5) is 0 Å². The van der Waals surface area contributed by atoms with E-state index in [1.807, 2.05) is 24.3 Å². The predicted molar refractivity (Wildman–Crippen MR) is 105 cm³/mol. The number of hydrogen-bond donors (Lipinski definition) is 1. The standard InChI is InChI=1S/C23H29NO2/c1-2-12-24-13-6-9-19-14-20-18(15-21(19)24)10-11-22(25)23(20)26-16-17-7-4-3-5-8-17/h3-5,7-8,10-11,19,21,25H,2,6,9,12-16H2,1H3/t19-,21-/m1/s1. The van der Waals surface area contributed by atoms with E-state index in [9.17, 15) is 5.11 Å². The second-order valence-corrected chi connectivity index (χ2v) is 7.74. The molecule has 2 aromatic rings. The number of ether oxygens (including phenoxy) is 1. The number of nitrogens with zero attached hydrogens (tertiary/aromatic N) is 1. The van der Waals surface area contributed by atoms with E-state index in [0.29, 0.717) is 24.3 Å². The van der Waals surface area contributed by atoms with E-state index >= 15 is 0 Å². The lowest BCUT2D eigenvalue weighted by Gasteiger charge is -2.45. The zero-order valence-corrected chi connectivity index (χ0v) is 15.7. The molecule has 1 fully saturated rings. The van der Waals surface area contributed by atoms with Crippen LogP contribution in [-0.4, -0.2) is 29.1 Å². The quantitative estimate of drug-likeness (QED) is 0.857. The Kier molecular flexibility index (Phi) is 5.16. The average molecular weight is 351 g/mol. The zero-order chi connectivity index (χ0) is 17.9. The molecule has 2 aromatic carbocycles. The number of phenols is 1. The van der Waals surface area contributed by atoms with Crippen LogP contribution in [0.15, 0.2) is 42.5 Å². The lowest BCUT2D eigenvalue weighted by molar-refractivity contribution is 0.0845. The summed E-state index contributed by atoms with van der Waals surface area (Å²) < 4.78 is 6.11. The molecule has 26 heavy (non-hydrogen) atoms. The first-order valence-corrected chi connectivity index (χ1v) is 10.0. The van der Waals surface area contributed by atoms with E-state index in [4.69, 9.17) is 4.74 Å². The summed E-state index contributed by atoms with van der Waals surface area (Å²) in [4.78, 5) is 2.69. The first-order chi connectivity index (χ1) is 12.8. The SMILES string of the molecule is CCCN1CCC[C@@H]2Cc3c(ccc(O)c3OCc3ccccc3)C[C@H]21. The van der Waals surface area contributed by atoms with E-state index in [1.54, 1.807) is 0 Å². The van der Waals surface area contributed by atoms with Gasteiger partial charge in [0.25, 0.3) is 0 Å². The smallest absolute Gasteiger partial charge is 0.164 e. The van der Waals surface area contributed by atoms with E-state index in [-0.39, 0.29) is 5.75 Å². The molecular weight excluding hydrogens is 322 g/mol. The minimum atomic E-state index is 0.277. The predicted octanol–water partition coefficient (Wildman–Crippen LogP) is 4.56. The monoisotopic (exact) mass is 351 g/mol. The molecule has 2 aliphatic rings. The number of benzene rings is 2. The van der Waals surface area contributed by atoms with Crippen LogP contribution in [0.25, 0.3) is 0 Å². The molecule has 2 atom stereocenters. The summed E-state index contributed by atoms with van der Waals surface area (Å²) in [5.74, 6) is 1.67. The normalized spacial score (nSPS) is 22.5. The molecule has 0 aromatic heterocycles. The van der Waals surface area contributed by atoms with Crippen LogP contribution in [-0.2, 0) is 19.4 Å². The minimum Gasteiger partial charge on any atom is -0.504 e. The van der Waals surface area contributed by atoms with Crippen LogP contribution in [0.5, 0.6) is 11.5 Å². The van der Waals surface area contributed by atoms with Gasteiger partial charge in [0, 0.05) is 11.6 Å². The summed E-state index contributed by atoms with van der Waals surface area (Å²) in [6.45, 7) is 5.21. The molecule has 0 radical (unpaired) electrons. The molecule has 0 unspecified atom stereocenters. The Morgan fingerprint density at radius 1 is 1.12 bits per heavy atom. The number of phenolic OH excluding ortho intramolecular Hbond substituents is 1. The summed E-state index contributed by atoms with van der Waals surface area (Å²) in [7, 11) is 0. The molecule has 0 spiro atoms. The van der Waals surface area contributed by atoms with Crippen molar-refractivity contribution >= 4 is 0 Å². The van der Waals surface area contributed by atoms with Gasteiger partial charge in [-0.25, -0.2) is 0 Å². The van der Waals surface area contributed by atoms with Gasteiger partial charge in [-0.1, -0.05) is 43.3 Å². The Balaban J connectivity index is 1.58. The molecule has 0 amide bonds. The molecule has 0 bridgehead atoms. The van der Waals surface area contributed by atoms with E-state index in [0.717, 1.165) is 18.4 Å². The lowest BCUT2D eigenvalue weighted by atomic mass is 9.75. The van der Waals surface area contributed by atoms with Gasteiger partial charge in [0.15, 0.2) is 11.5 Å². The van der Waals surface area contributed by atoms with E-state index in [1.165, 1.54) is 43.5 Å². The van der Waals surface area contributed by atoms with Crippen molar-refractivity contribution < 1.29 is 9.84 Å². The van der Waals surface area contributed by atoms with E-state index in [2.05, 4.69) is 30.0 Å². The lowest BCUT2D eigenvalue weighted by Crippen LogP contribution is -2.49. The number of aromatic hydroxyl groups is 1. The third-order valence-corrected chi connectivity index (χ3v) is 6.00. The van der Waals surface area contributed by atoms with Crippen LogP contribution in [0.2, 0.25) is 0 Å². The highest BCUT2D eigenvalue weighted by molar-refractivity contribution is 5.52. The van der Waals surface area contributed by atoms with Gasteiger partial charge >= 0.3 is 0 Å². The Morgan fingerprint density at radius 3 is 2.77 bits per heavy atom. The summed E-state index contributed by atoms with van der Waals surface area (Å²) in [6, 6.07) is 14.8. The van der Waals surface area contributed by atoms with Gasteiger partial charge < -0.3 is 9.84 Å². The molecule has 1 heterocycles. The maximum atomic E-state index is 10.4. The van der Waals surface area contributed by atoms with Gasteiger partial charge in [-0.05, 0) is 68.3 Å². The highest BCUT2D eigenvalue weighted by atomic mass is 16.5. The van der Waals surface area contributed by atoms with Crippen molar-refractivity contribution in [3.05, 3.63) is 59.2 Å². The summed E-state index contributed by atoms with van der Waals surface area (Å²) in [5.41, 5.74) is 3.72. The molecule has 1 N–H and O–H groups in total. The summed E-state index contributed by atoms with van der Waals surface area (Å²) in [6.07, 6.45) is 5.91. The largest absolute Gasteiger partial charge is 0.504 e. The number of likely N-dealkylation sites (tertiary alicyclic amines) is 1. The van der Waals surface area contributed by atoms with Crippen molar-refractivity contribution in [1.29, 1.82) is 0 Å². The van der Waals surface area contributed by atoms with Gasteiger partial charge in [0.1, 0.15) is 6.61 Å². The fraction of sp³-hybridized carbons (Fsp3) is 0.478. The Labute approximate surface area is 156 Å². The first-order valence-electron chi connectivity index (χ1n) is 10.0. The Hall–Kier alpha value is -2.00. The zero-order valence-electron chi connectivity index (χ0n) is 15.7. The van der Waals surface area contributed by atoms with Gasteiger partial charge in [0.05, 0.1) is 0 Å². The highest BCUT2D eigenvalue weighted by Gasteiger charge is 2.36. The molecule has 3 heteroatoms. The fourth-order valence-electron chi connectivity index (χ4n) is 4.76. The van der Waals surface area contributed by atoms with Gasteiger partial charge in [0.2, 0.25) is 0 Å². The molecule has 4 rings (SSSR count). The Bertz CT molecular complexity index is 741. The average Bonchev–Trinajstić information content (AvgIpc) is 2.67. The second kappa shape index (κ2) is 7.71. The van der Waals surface area contributed by atoms with Crippen LogP contribution in [0.1, 0.15) is 42.9 Å². The van der Waals surface area contributed by atoms with Crippen molar-refractivity contribution in [2.75, 3.05) is 13.1 Å². The van der Waals surface area contributed by atoms with Crippen LogP contribution >= 0.6 is 0 Å². The molecule has 138 valence electrons. The third kappa shape index (κ3) is 3.45. The summed E-state index contributed by atoms with van der Waals surface area (Å²) >= 11 is 0. The number of fused-ring (bicyclic) bond motifs is 2. The molecule has 0 saturated carbocycles. The van der Waals surface area contributed by atoms with Crippen molar-refractivity contribution in [2.24, 2.45) is 5.92 Å². The molecule has 1 aliphatic heterocycles. The van der Waals surface area contributed by atoms with Crippen molar-refractivity contribution in [3.8, 4) is 11.5 Å². The van der Waals surface area contributed by atoms with Gasteiger partial charge in [-0.2, -0.15) is 0 Å². The molecule has 1 aliphatic carbocycles. The topological polar surface area (TPSA) is 32.7 Å². The Morgan fingerprint density at radius 2 is 1.96 bits per heavy atom. The molecule has 1 saturated heterocycles. The van der Waals surface area contributed by atoms with Gasteiger partial charge in [-0.15, -0.1) is 0 Å². The van der Waals surface area contributed by atoms with Crippen molar-refractivity contribution in [2.45, 2.75) is 51.7 Å². The molecule has 3 nitrogen and oxygen atoms in total. The maximum absolute atomic E-state index is 10.4. The second-order valence-electron chi connectivity index (χ2n) is 7.74. The minimum absolute atomic E-state index is 0.277. The van der Waals surface area contributed by atoms with Crippen LogP contribution < -0.4 is 4.74 Å². The molecular formula is C23H29NO2. The maximum Gasteiger partial charge on any atom is 0.164 e. The van der Waals surface area contributed by atoms with Crippen molar-refractivity contribution in [1.82, 2.24) is 4.90 Å². The first kappa shape index (κ1) is 17.4. The van der Waals surface area contributed by atoms with E-state index < -0.39 is 0 Å². The number of rotatable bonds is 5. The van der Waals surface area contributed by atoms with Crippen LogP contribution in [0.3, 0.4) is 0 Å². The van der Waals surface area contributed by atoms with Gasteiger partial charge in [-0.3, -0.25) is 4.90 Å². The third-order valence-electron chi connectivity index (χ3n) is 6.00.